The number of hydrogen-bond donors (Lipinski definition) is 1. The molecule has 0 aromatic heterocycles. The maximum atomic E-state index is 10.8. The average molecular weight is 194 g/mol. The summed E-state index contributed by atoms with van der Waals surface area (Å²) >= 11 is 0. The average Bonchev–Trinajstić information content (AvgIpc) is 2.10. The Bertz CT molecular complexity index is 157. The predicted molar refractivity (Wildman–Crippen MR) is 46.8 cm³/mol. The molecule has 0 fully saturated rings. The van der Waals surface area contributed by atoms with Crippen molar-refractivity contribution in [2.24, 2.45) is 0 Å². The van der Waals surface area contributed by atoms with E-state index in [1.54, 1.807) is 0 Å². The van der Waals surface area contributed by atoms with Crippen molar-refractivity contribution in [3.05, 3.63) is 0 Å². The first-order chi connectivity index (χ1) is 5.70. The normalized spacial score (nSPS) is 12.5. The van der Waals surface area contributed by atoms with Gasteiger partial charge in [-0.25, -0.2) is 0 Å². The number of carbonyl (C=O) groups is 1. The Kier molecular flexibility index (Phi) is 7.11. The second-order valence-electron chi connectivity index (χ2n) is 2.42. The first-order valence-electron chi connectivity index (χ1n) is 3.99. The van der Waals surface area contributed by atoms with Crippen LogP contribution in [0.5, 0.6) is 0 Å². The lowest BCUT2D eigenvalue weighted by atomic mass is 10.5. The molecule has 0 saturated heterocycles. The summed E-state index contributed by atoms with van der Waals surface area (Å²) in [6.45, 7) is 2.32. The van der Waals surface area contributed by atoms with Gasteiger partial charge in [-0.2, -0.15) is 0 Å². The van der Waals surface area contributed by atoms with Gasteiger partial charge in [0, 0.05) is 6.16 Å². The minimum atomic E-state index is -1.94. The molecule has 0 aromatic carbocycles. The highest BCUT2D eigenvalue weighted by atomic mass is 31.1. The summed E-state index contributed by atoms with van der Waals surface area (Å²) in [4.78, 5) is 10.8. The molecule has 0 aliphatic heterocycles. The molecule has 1 atom stereocenters. The van der Waals surface area contributed by atoms with Gasteiger partial charge in [0.05, 0.1) is 19.4 Å². The van der Waals surface area contributed by atoms with Gasteiger partial charge < -0.3 is 14.4 Å². The van der Waals surface area contributed by atoms with E-state index in [1.165, 1.54) is 0 Å². The van der Waals surface area contributed by atoms with Crippen LogP contribution >= 0.6 is 7.80 Å². The highest BCUT2D eigenvalue weighted by Crippen LogP contribution is 2.18. The first kappa shape index (κ1) is 11.7. The lowest BCUT2D eigenvalue weighted by Crippen LogP contribution is -2.06. The van der Waals surface area contributed by atoms with Crippen molar-refractivity contribution in [1.82, 2.24) is 0 Å². The Labute approximate surface area is 72.7 Å². The summed E-state index contributed by atoms with van der Waals surface area (Å²) in [7, 11) is -1.94. The van der Waals surface area contributed by atoms with Crippen LogP contribution in [0.15, 0.2) is 0 Å². The Hall–Kier alpha value is -0.340. The van der Waals surface area contributed by atoms with E-state index in [0.717, 1.165) is 6.42 Å². The van der Waals surface area contributed by atoms with Crippen molar-refractivity contribution in [3.63, 3.8) is 0 Å². The lowest BCUT2D eigenvalue weighted by molar-refractivity contribution is -0.143. The Morgan fingerprint density at radius 3 is 2.75 bits per heavy atom. The molecule has 12 heavy (non-hydrogen) atoms. The highest BCUT2D eigenvalue weighted by molar-refractivity contribution is 7.44. The maximum Gasteiger partial charge on any atom is 0.306 e. The number of ether oxygens (including phenoxy) is 1. The van der Waals surface area contributed by atoms with Crippen LogP contribution in [-0.2, 0) is 14.1 Å². The van der Waals surface area contributed by atoms with Crippen LogP contribution in [0.3, 0.4) is 0 Å². The zero-order valence-corrected chi connectivity index (χ0v) is 8.21. The Morgan fingerprint density at radius 2 is 2.25 bits per heavy atom. The third-order valence-electron chi connectivity index (χ3n) is 1.25. The van der Waals surface area contributed by atoms with Gasteiger partial charge in [0.15, 0.2) is 0 Å². The van der Waals surface area contributed by atoms with Crippen LogP contribution in [0, 0.1) is 0 Å². The number of esters is 1. The number of carbonyl (C=O) groups excluding carboxylic acids is 1. The van der Waals surface area contributed by atoms with Gasteiger partial charge in [-0.05, 0) is 6.42 Å². The smallest absolute Gasteiger partial charge is 0.306 e. The van der Waals surface area contributed by atoms with Crippen molar-refractivity contribution in [2.45, 2.75) is 19.8 Å². The highest BCUT2D eigenvalue weighted by Gasteiger charge is 2.04. The SMILES string of the molecule is CCCOC(=O)CC[PH](=O)CO. The third-order valence-corrected chi connectivity index (χ3v) is 2.41. The fourth-order valence-corrected chi connectivity index (χ4v) is 1.25. The van der Waals surface area contributed by atoms with Gasteiger partial charge in [0.2, 0.25) is 0 Å². The number of hydrogen-bond acceptors (Lipinski definition) is 4. The van der Waals surface area contributed by atoms with E-state index < -0.39 is 7.80 Å². The fraction of sp³-hybridized carbons (Fsp3) is 0.857. The van der Waals surface area contributed by atoms with Crippen LogP contribution in [0.4, 0.5) is 0 Å². The van der Waals surface area contributed by atoms with E-state index in [-0.39, 0.29) is 24.9 Å². The minimum absolute atomic E-state index is 0.151. The molecule has 1 unspecified atom stereocenters. The van der Waals surface area contributed by atoms with Crippen LogP contribution < -0.4 is 0 Å². The largest absolute Gasteiger partial charge is 0.466 e. The van der Waals surface area contributed by atoms with E-state index in [4.69, 9.17) is 9.84 Å². The molecule has 5 heteroatoms. The van der Waals surface area contributed by atoms with Crippen LogP contribution in [-0.4, -0.2) is 30.2 Å². The number of rotatable bonds is 6. The fourth-order valence-electron chi connectivity index (χ4n) is 0.609. The van der Waals surface area contributed by atoms with E-state index in [2.05, 4.69) is 0 Å². The third kappa shape index (κ3) is 6.38. The van der Waals surface area contributed by atoms with Crippen LogP contribution in [0.1, 0.15) is 19.8 Å². The molecule has 0 amide bonds. The molecular formula is C7H15O4P. The second kappa shape index (κ2) is 7.32. The molecule has 0 aromatic rings. The van der Waals surface area contributed by atoms with E-state index in [9.17, 15) is 9.36 Å². The standard InChI is InChI=1S/C7H15O4P/c1-2-4-11-7(9)3-5-12(10)6-8/h8,12H,2-6H2,1H3. The summed E-state index contributed by atoms with van der Waals surface area (Å²) < 4.78 is 15.5. The van der Waals surface area contributed by atoms with Gasteiger partial charge in [-0.3, -0.25) is 4.79 Å². The number of aliphatic hydroxyl groups is 1. The molecule has 0 aliphatic carbocycles. The summed E-state index contributed by atoms with van der Waals surface area (Å²) in [5, 5.41) is 8.40. The van der Waals surface area contributed by atoms with Crippen molar-refractivity contribution >= 4 is 13.8 Å². The van der Waals surface area contributed by atoms with Crippen molar-refractivity contribution in [3.8, 4) is 0 Å². The zero-order valence-electron chi connectivity index (χ0n) is 7.21. The summed E-state index contributed by atoms with van der Waals surface area (Å²) in [5.74, 6) is -0.330. The number of aliphatic hydroxyl groups excluding tert-OH is 1. The van der Waals surface area contributed by atoms with Gasteiger partial charge in [-0.1, -0.05) is 6.92 Å². The molecule has 72 valence electrons. The van der Waals surface area contributed by atoms with Gasteiger partial charge >= 0.3 is 5.97 Å². The first-order valence-corrected chi connectivity index (χ1v) is 5.81. The van der Waals surface area contributed by atoms with E-state index >= 15 is 0 Å². The van der Waals surface area contributed by atoms with Gasteiger partial charge in [-0.15, -0.1) is 0 Å². The van der Waals surface area contributed by atoms with Gasteiger partial charge in [0.1, 0.15) is 7.80 Å². The molecule has 4 nitrogen and oxygen atoms in total. The molecule has 0 bridgehead atoms. The van der Waals surface area contributed by atoms with E-state index in [1.807, 2.05) is 6.92 Å². The maximum absolute atomic E-state index is 10.8. The molecule has 0 spiro atoms. The van der Waals surface area contributed by atoms with Crippen LogP contribution in [0.25, 0.3) is 0 Å². The van der Waals surface area contributed by atoms with Crippen LogP contribution in [0.2, 0.25) is 0 Å². The Balaban J connectivity index is 3.37. The van der Waals surface area contributed by atoms with E-state index in [0.29, 0.717) is 6.61 Å². The predicted octanol–water partition coefficient (Wildman–Crippen LogP) is 0.839. The topological polar surface area (TPSA) is 63.6 Å². The van der Waals surface area contributed by atoms with Crippen molar-refractivity contribution < 1.29 is 19.2 Å². The minimum Gasteiger partial charge on any atom is -0.466 e. The molecule has 0 heterocycles. The molecule has 0 rings (SSSR count). The monoisotopic (exact) mass is 194 g/mol. The van der Waals surface area contributed by atoms with Crippen molar-refractivity contribution in [2.75, 3.05) is 19.1 Å². The quantitative estimate of drug-likeness (QED) is 0.502. The Morgan fingerprint density at radius 1 is 1.58 bits per heavy atom. The molecule has 1 N–H and O–H groups in total. The van der Waals surface area contributed by atoms with Crippen molar-refractivity contribution in [1.29, 1.82) is 0 Å². The molecule has 0 aliphatic rings. The summed E-state index contributed by atoms with van der Waals surface area (Å²) in [5.41, 5.74) is 0. The second-order valence-corrected chi connectivity index (χ2v) is 4.31. The molecule has 0 saturated carbocycles. The zero-order chi connectivity index (χ0) is 9.40. The molecular weight excluding hydrogens is 179 g/mol. The van der Waals surface area contributed by atoms with Gasteiger partial charge in [0.25, 0.3) is 0 Å². The lowest BCUT2D eigenvalue weighted by Gasteiger charge is -2.01. The summed E-state index contributed by atoms with van der Waals surface area (Å²) in [6.07, 6.45) is 0.884. The summed E-state index contributed by atoms with van der Waals surface area (Å²) in [6, 6.07) is 0. The molecule has 0 radical (unpaired) electrons.